The molecule has 0 bridgehead atoms. The summed E-state index contributed by atoms with van der Waals surface area (Å²) in [5.41, 5.74) is -0.155. The number of rotatable bonds is 7. The van der Waals surface area contributed by atoms with Gasteiger partial charge in [0, 0.05) is 32.2 Å². The van der Waals surface area contributed by atoms with Gasteiger partial charge in [0.25, 0.3) is 0 Å². The maximum Gasteiger partial charge on any atom is 0.346 e. The summed E-state index contributed by atoms with van der Waals surface area (Å²) in [5.74, 6) is 0.0270. The maximum atomic E-state index is 13.2. The predicted octanol–water partition coefficient (Wildman–Crippen LogP) is 1.73. The van der Waals surface area contributed by atoms with E-state index >= 15 is 0 Å². The molecule has 4 rings (SSSR count). The van der Waals surface area contributed by atoms with E-state index in [2.05, 4.69) is 5.10 Å². The fraction of sp³-hybridized carbons (Fsp3) is 0.579. The molecule has 158 valence electrons. The Balaban J connectivity index is 1.62. The average molecular weight is 424 g/mol. The van der Waals surface area contributed by atoms with Crippen LogP contribution in [0.4, 0.5) is 4.39 Å². The molecule has 1 saturated heterocycles. The molecule has 29 heavy (non-hydrogen) atoms. The van der Waals surface area contributed by atoms with Gasteiger partial charge in [0.05, 0.1) is 18.0 Å². The number of halogens is 1. The van der Waals surface area contributed by atoms with E-state index in [0.717, 1.165) is 31.4 Å². The molecule has 2 heterocycles. The van der Waals surface area contributed by atoms with Crippen LogP contribution in [0.3, 0.4) is 0 Å². The maximum absolute atomic E-state index is 13.2. The third kappa shape index (κ3) is 4.01. The van der Waals surface area contributed by atoms with Crippen molar-refractivity contribution in [3.63, 3.8) is 0 Å². The second-order valence-electron chi connectivity index (χ2n) is 7.61. The highest BCUT2D eigenvalue weighted by atomic mass is 32.2. The Morgan fingerprint density at radius 1 is 1.21 bits per heavy atom. The van der Waals surface area contributed by atoms with E-state index in [4.69, 9.17) is 4.74 Å². The first-order valence-corrected chi connectivity index (χ1v) is 11.3. The lowest BCUT2D eigenvalue weighted by Gasteiger charge is -2.31. The van der Waals surface area contributed by atoms with Crippen LogP contribution in [0.25, 0.3) is 0 Å². The van der Waals surface area contributed by atoms with Crippen molar-refractivity contribution in [2.45, 2.75) is 49.1 Å². The molecule has 1 aromatic heterocycles. The zero-order valence-electron chi connectivity index (χ0n) is 16.3. The van der Waals surface area contributed by atoms with Crippen molar-refractivity contribution in [1.29, 1.82) is 0 Å². The highest BCUT2D eigenvalue weighted by Crippen LogP contribution is 2.37. The van der Waals surface area contributed by atoms with Gasteiger partial charge in [-0.25, -0.2) is 22.3 Å². The van der Waals surface area contributed by atoms with Crippen LogP contribution in [0, 0.1) is 5.82 Å². The van der Waals surface area contributed by atoms with Crippen LogP contribution in [-0.4, -0.2) is 53.9 Å². The van der Waals surface area contributed by atoms with Crippen molar-refractivity contribution in [3.05, 3.63) is 46.4 Å². The molecule has 1 saturated carbocycles. The van der Waals surface area contributed by atoms with E-state index in [1.807, 2.05) is 0 Å². The fourth-order valence-electron chi connectivity index (χ4n) is 3.84. The summed E-state index contributed by atoms with van der Waals surface area (Å²) >= 11 is 0. The summed E-state index contributed by atoms with van der Waals surface area (Å²) in [4.78, 5) is 12.9. The van der Waals surface area contributed by atoms with Crippen molar-refractivity contribution in [3.8, 4) is 0 Å². The largest absolute Gasteiger partial charge is 0.383 e. The topological polar surface area (TPSA) is 86.4 Å². The van der Waals surface area contributed by atoms with Crippen molar-refractivity contribution < 1.29 is 17.5 Å². The summed E-state index contributed by atoms with van der Waals surface area (Å²) in [6, 6.07) is 5.02. The molecule has 2 aliphatic rings. The minimum atomic E-state index is -3.73. The lowest BCUT2D eigenvalue weighted by Crippen LogP contribution is -2.40. The van der Waals surface area contributed by atoms with Gasteiger partial charge in [0.15, 0.2) is 0 Å². The molecule has 0 amide bonds. The number of piperidine rings is 1. The molecule has 1 atom stereocenters. The third-order valence-corrected chi connectivity index (χ3v) is 7.40. The number of hydrogen-bond donors (Lipinski definition) is 0. The lowest BCUT2D eigenvalue weighted by atomic mass is 9.99. The van der Waals surface area contributed by atoms with Crippen molar-refractivity contribution in [2.75, 3.05) is 26.8 Å². The van der Waals surface area contributed by atoms with E-state index in [0.29, 0.717) is 31.9 Å². The van der Waals surface area contributed by atoms with Gasteiger partial charge in [-0.15, -0.1) is 0 Å². The van der Waals surface area contributed by atoms with Gasteiger partial charge in [-0.2, -0.15) is 9.40 Å². The van der Waals surface area contributed by atoms with Gasteiger partial charge >= 0.3 is 5.69 Å². The second-order valence-corrected chi connectivity index (χ2v) is 9.55. The molecule has 10 heteroatoms. The van der Waals surface area contributed by atoms with E-state index in [-0.39, 0.29) is 29.1 Å². The van der Waals surface area contributed by atoms with Gasteiger partial charge in [0.2, 0.25) is 10.0 Å². The van der Waals surface area contributed by atoms with Crippen LogP contribution in [0.5, 0.6) is 0 Å². The van der Waals surface area contributed by atoms with Gasteiger partial charge in [-0.1, -0.05) is 0 Å². The molecule has 1 aliphatic carbocycles. The summed E-state index contributed by atoms with van der Waals surface area (Å²) in [7, 11) is -2.16. The van der Waals surface area contributed by atoms with E-state index in [9.17, 15) is 17.6 Å². The Morgan fingerprint density at radius 2 is 1.93 bits per heavy atom. The highest BCUT2D eigenvalue weighted by molar-refractivity contribution is 7.89. The first kappa shape index (κ1) is 20.2. The zero-order valence-corrected chi connectivity index (χ0v) is 17.1. The van der Waals surface area contributed by atoms with E-state index in [1.165, 1.54) is 21.1 Å². The molecule has 1 aliphatic heterocycles. The Hall–Kier alpha value is -2.04. The van der Waals surface area contributed by atoms with Gasteiger partial charge in [-0.05, 0) is 49.9 Å². The molecular weight excluding hydrogens is 399 g/mol. The molecule has 2 fully saturated rings. The Labute approximate surface area is 168 Å². The molecular formula is C19H25FN4O4S. The standard InChI is InChI=1S/C19H25FN4O4S/c1-28-12-11-23-19(25)24(16-6-7-16)18(21-23)14-3-2-10-22(13-14)29(26,27)17-8-4-15(20)5-9-17/h4-5,8-9,14,16H,2-3,6-7,10-13H2,1H3. The molecule has 1 unspecified atom stereocenters. The molecule has 2 aromatic rings. The Bertz CT molecular complexity index is 1030. The van der Waals surface area contributed by atoms with Crippen LogP contribution >= 0.6 is 0 Å². The van der Waals surface area contributed by atoms with Crippen molar-refractivity contribution >= 4 is 10.0 Å². The lowest BCUT2D eigenvalue weighted by molar-refractivity contribution is 0.182. The molecule has 0 radical (unpaired) electrons. The van der Waals surface area contributed by atoms with Crippen LogP contribution in [-0.2, 0) is 21.3 Å². The van der Waals surface area contributed by atoms with Crippen LogP contribution in [0.2, 0.25) is 0 Å². The Kier molecular flexibility index (Phi) is 5.58. The van der Waals surface area contributed by atoms with Gasteiger partial charge < -0.3 is 4.74 Å². The summed E-state index contributed by atoms with van der Waals surface area (Å²) < 4.78 is 48.9. The molecule has 8 nitrogen and oxygen atoms in total. The van der Waals surface area contributed by atoms with Crippen molar-refractivity contribution in [2.24, 2.45) is 0 Å². The number of ether oxygens (including phenoxy) is 1. The number of methoxy groups -OCH3 is 1. The second kappa shape index (κ2) is 8.00. The zero-order chi connectivity index (χ0) is 20.6. The SMILES string of the molecule is COCCn1nc(C2CCCN(S(=O)(=O)c3ccc(F)cc3)C2)n(C2CC2)c1=O. The normalized spacial score (nSPS) is 20.8. The van der Waals surface area contributed by atoms with Crippen molar-refractivity contribution in [1.82, 2.24) is 18.7 Å². The minimum Gasteiger partial charge on any atom is -0.383 e. The molecule has 1 aromatic carbocycles. The third-order valence-electron chi connectivity index (χ3n) is 5.52. The Morgan fingerprint density at radius 3 is 2.59 bits per heavy atom. The average Bonchev–Trinajstić information content (AvgIpc) is 3.50. The number of nitrogens with zero attached hydrogens (tertiary/aromatic N) is 4. The number of hydrogen-bond acceptors (Lipinski definition) is 5. The minimum absolute atomic E-state index is 0.0738. The van der Waals surface area contributed by atoms with Gasteiger partial charge in [-0.3, -0.25) is 4.57 Å². The van der Waals surface area contributed by atoms with Crippen LogP contribution < -0.4 is 5.69 Å². The monoisotopic (exact) mass is 424 g/mol. The fourth-order valence-corrected chi connectivity index (χ4v) is 5.37. The summed E-state index contributed by atoms with van der Waals surface area (Å²) in [6.07, 6.45) is 3.32. The highest BCUT2D eigenvalue weighted by Gasteiger charge is 2.37. The first-order valence-electron chi connectivity index (χ1n) is 9.85. The predicted molar refractivity (Wildman–Crippen MR) is 104 cm³/mol. The van der Waals surface area contributed by atoms with Gasteiger partial charge in [0.1, 0.15) is 11.6 Å². The molecule has 0 spiro atoms. The number of benzene rings is 1. The summed E-state index contributed by atoms with van der Waals surface area (Å²) in [5, 5.41) is 4.55. The molecule has 0 N–H and O–H groups in total. The van der Waals surface area contributed by atoms with E-state index in [1.54, 1.807) is 11.7 Å². The quantitative estimate of drug-likeness (QED) is 0.676. The number of aromatic nitrogens is 3. The first-order chi connectivity index (χ1) is 13.9. The van der Waals surface area contributed by atoms with Crippen LogP contribution in [0.15, 0.2) is 34.0 Å². The smallest absolute Gasteiger partial charge is 0.346 e. The number of sulfonamides is 1. The van der Waals surface area contributed by atoms with E-state index < -0.39 is 15.8 Å². The summed E-state index contributed by atoms with van der Waals surface area (Å²) in [6.45, 7) is 1.41. The van der Waals surface area contributed by atoms with Crippen LogP contribution in [0.1, 0.15) is 43.5 Å².